The van der Waals surface area contributed by atoms with Crippen LogP contribution in [-0.4, -0.2) is 9.55 Å². The maximum absolute atomic E-state index is 4.39. The van der Waals surface area contributed by atoms with Gasteiger partial charge in [0, 0.05) is 24.4 Å². The Morgan fingerprint density at radius 1 is 1.38 bits per heavy atom. The van der Waals surface area contributed by atoms with E-state index in [0.29, 0.717) is 0 Å². The molecule has 1 aromatic rings. The van der Waals surface area contributed by atoms with E-state index in [1.54, 1.807) is 0 Å². The summed E-state index contributed by atoms with van der Waals surface area (Å²) in [7, 11) is 0. The summed E-state index contributed by atoms with van der Waals surface area (Å²) in [6, 6.07) is 0. The van der Waals surface area contributed by atoms with Gasteiger partial charge in [-0.3, -0.25) is 0 Å². The Balaban J connectivity index is 2.97. The lowest BCUT2D eigenvalue weighted by Gasteiger charge is -2.35. The predicted octanol–water partition coefficient (Wildman–Crippen LogP) is 3.78. The van der Waals surface area contributed by atoms with E-state index in [4.69, 9.17) is 0 Å². The molecular weight excluding hydrogens is 196 g/mol. The summed E-state index contributed by atoms with van der Waals surface area (Å²) in [5.74, 6) is 1.16. The molecule has 1 aromatic heterocycles. The molecule has 0 unspecified atom stereocenters. The number of aryl methyl sites for hydroxylation is 1. The fraction of sp³-hybridized carbons (Fsp3) is 0.643. The van der Waals surface area contributed by atoms with Crippen molar-refractivity contribution in [3.8, 4) is 0 Å². The van der Waals surface area contributed by atoms with E-state index in [-0.39, 0.29) is 11.0 Å². The second kappa shape index (κ2) is 4.44. The highest BCUT2D eigenvalue weighted by Gasteiger charge is 2.29. The number of imidazole rings is 1. The van der Waals surface area contributed by atoms with E-state index in [2.05, 4.69) is 56.9 Å². The standard InChI is InChI=1S/C14H24N2/c1-7-12-15-9-10-16(12)14(5,6)11-13(3,4)8-2/h8-10H,2,7,11H2,1,3-6H3. The summed E-state index contributed by atoms with van der Waals surface area (Å²) in [6.45, 7) is 15.0. The lowest BCUT2D eigenvalue weighted by atomic mass is 9.80. The van der Waals surface area contributed by atoms with Gasteiger partial charge in [0.2, 0.25) is 0 Å². The monoisotopic (exact) mass is 220 g/mol. The average Bonchev–Trinajstić information content (AvgIpc) is 2.64. The number of hydrogen-bond donors (Lipinski definition) is 0. The molecule has 0 N–H and O–H groups in total. The molecular formula is C14H24N2. The van der Waals surface area contributed by atoms with Crippen LogP contribution in [0.3, 0.4) is 0 Å². The van der Waals surface area contributed by atoms with Gasteiger partial charge in [0.1, 0.15) is 5.82 Å². The van der Waals surface area contributed by atoms with Crippen LogP contribution < -0.4 is 0 Å². The number of rotatable bonds is 5. The van der Waals surface area contributed by atoms with Gasteiger partial charge in [-0.2, -0.15) is 0 Å². The Bertz CT molecular complexity index is 359. The molecule has 0 saturated heterocycles. The van der Waals surface area contributed by atoms with E-state index >= 15 is 0 Å². The molecule has 0 atom stereocenters. The summed E-state index contributed by atoms with van der Waals surface area (Å²) in [6.07, 6.45) is 8.05. The van der Waals surface area contributed by atoms with E-state index in [0.717, 1.165) is 18.7 Å². The third-order valence-corrected chi connectivity index (χ3v) is 3.13. The topological polar surface area (TPSA) is 17.8 Å². The molecule has 0 amide bonds. The Morgan fingerprint density at radius 2 is 2.00 bits per heavy atom. The normalized spacial score (nSPS) is 12.8. The van der Waals surface area contributed by atoms with Crippen molar-refractivity contribution in [2.45, 2.75) is 53.0 Å². The molecule has 0 aromatic carbocycles. The molecule has 1 rings (SSSR count). The van der Waals surface area contributed by atoms with Crippen molar-refractivity contribution in [1.82, 2.24) is 9.55 Å². The largest absolute Gasteiger partial charge is 0.329 e. The molecule has 0 spiro atoms. The summed E-state index contributed by atoms with van der Waals surface area (Å²) in [5, 5.41) is 0. The second-order valence-corrected chi connectivity index (χ2v) is 5.75. The molecule has 0 aliphatic rings. The number of hydrogen-bond acceptors (Lipinski definition) is 1. The minimum absolute atomic E-state index is 0.0829. The molecule has 0 fully saturated rings. The van der Waals surface area contributed by atoms with Gasteiger partial charge in [0.15, 0.2) is 0 Å². The molecule has 90 valence electrons. The first-order chi connectivity index (χ1) is 7.32. The van der Waals surface area contributed by atoms with Gasteiger partial charge in [0.25, 0.3) is 0 Å². The van der Waals surface area contributed by atoms with Crippen LogP contribution in [0.1, 0.15) is 46.9 Å². The minimum atomic E-state index is 0.0829. The van der Waals surface area contributed by atoms with Crippen molar-refractivity contribution in [3.05, 3.63) is 30.9 Å². The van der Waals surface area contributed by atoms with Crippen LogP contribution in [0.2, 0.25) is 0 Å². The van der Waals surface area contributed by atoms with Crippen molar-refractivity contribution in [3.63, 3.8) is 0 Å². The molecule has 2 nitrogen and oxygen atoms in total. The zero-order valence-corrected chi connectivity index (χ0v) is 11.2. The predicted molar refractivity (Wildman–Crippen MR) is 69.5 cm³/mol. The second-order valence-electron chi connectivity index (χ2n) is 5.75. The molecule has 0 bridgehead atoms. The molecule has 0 aliphatic heterocycles. The molecule has 2 heteroatoms. The van der Waals surface area contributed by atoms with Crippen molar-refractivity contribution in [2.75, 3.05) is 0 Å². The molecule has 0 saturated carbocycles. The minimum Gasteiger partial charge on any atom is -0.329 e. The zero-order chi connectivity index (χ0) is 12.4. The highest BCUT2D eigenvalue weighted by atomic mass is 15.1. The maximum Gasteiger partial charge on any atom is 0.108 e. The van der Waals surface area contributed by atoms with E-state index < -0.39 is 0 Å². The highest BCUT2D eigenvalue weighted by molar-refractivity contribution is 5.01. The Hall–Kier alpha value is -1.05. The van der Waals surface area contributed by atoms with Gasteiger partial charge >= 0.3 is 0 Å². The van der Waals surface area contributed by atoms with Gasteiger partial charge < -0.3 is 4.57 Å². The first kappa shape index (κ1) is 13.0. The highest BCUT2D eigenvalue weighted by Crippen LogP contribution is 2.34. The summed E-state index contributed by atoms with van der Waals surface area (Å²) in [5.41, 5.74) is 0.234. The van der Waals surface area contributed by atoms with Crippen molar-refractivity contribution in [1.29, 1.82) is 0 Å². The van der Waals surface area contributed by atoms with Gasteiger partial charge in [-0.15, -0.1) is 6.58 Å². The lowest BCUT2D eigenvalue weighted by Crippen LogP contribution is -2.32. The SMILES string of the molecule is C=CC(C)(C)CC(C)(C)n1ccnc1CC. The van der Waals surface area contributed by atoms with Gasteiger partial charge in [-0.05, 0) is 25.7 Å². The van der Waals surface area contributed by atoms with Crippen LogP contribution in [0.4, 0.5) is 0 Å². The van der Waals surface area contributed by atoms with E-state index in [1.807, 2.05) is 12.3 Å². The van der Waals surface area contributed by atoms with E-state index in [1.165, 1.54) is 0 Å². The van der Waals surface area contributed by atoms with Crippen LogP contribution in [0.15, 0.2) is 25.0 Å². The summed E-state index contributed by atoms with van der Waals surface area (Å²) in [4.78, 5) is 4.39. The third kappa shape index (κ3) is 2.75. The molecule has 16 heavy (non-hydrogen) atoms. The van der Waals surface area contributed by atoms with Crippen molar-refractivity contribution < 1.29 is 0 Å². The molecule has 0 aliphatic carbocycles. The van der Waals surface area contributed by atoms with Crippen LogP contribution in [0.5, 0.6) is 0 Å². The first-order valence-corrected chi connectivity index (χ1v) is 5.99. The maximum atomic E-state index is 4.39. The Labute approximate surface area is 99.4 Å². The fourth-order valence-corrected chi connectivity index (χ4v) is 2.42. The number of aromatic nitrogens is 2. The fourth-order valence-electron chi connectivity index (χ4n) is 2.42. The Morgan fingerprint density at radius 3 is 2.50 bits per heavy atom. The van der Waals surface area contributed by atoms with Crippen molar-refractivity contribution in [2.24, 2.45) is 5.41 Å². The quantitative estimate of drug-likeness (QED) is 0.690. The number of allylic oxidation sites excluding steroid dienone is 1. The zero-order valence-electron chi connectivity index (χ0n) is 11.2. The van der Waals surface area contributed by atoms with Crippen LogP contribution >= 0.6 is 0 Å². The lowest BCUT2D eigenvalue weighted by molar-refractivity contribution is 0.233. The smallest absolute Gasteiger partial charge is 0.108 e. The summed E-state index contributed by atoms with van der Waals surface area (Å²) >= 11 is 0. The van der Waals surface area contributed by atoms with E-state index in [9.17, 15) is 0 Å². The van der Waals surface area contributed by atoms with Crippen LogP contribution in [0, 0.1) is 5.41 Å². The van der Waals surface area contributed by atoms with Gasteiger partial charge in [0.05, 0.1) is 0 Å². The average molecular weight is 220 g/mol. The Kier molecular flexibility index (Phi) is 3.61. The van der Waals surface area contributed by atoms with Gasteiger partial charge in [-0.1, -0.05) is 26.8 Å². The molecule has 1 heterocycles. The third-order valence-electron chi connectivity index (χ3n) is 3.13. The molecule has 0 radical (unpaired) electrons. The first-order valence-electron chi connectivity index (χ1n) is 5.99. The summed E-state index contributed by atoms with van der Waals surface area (Å²) < 4.78 is 2.29. The van der Waals surface area contributed by atoms with Crippen molar-refractivity contribution >= 4 is 0 Å². The van der Waals surface area contributed by atoms with Crippen LogP contribution in [0.25, 0.3) is 0 Å². The van der Waals surface area contributed by atoms with Gasteiger partial charge in [-0.25, -0.2) is 4.98 Å². The van der Waals surface area contributed by atoms with Crippen LogP contribution in [-0.2, 0) is 12.0 Å². The number of nitrogens with zero attached hydrogens (tertiary/aromatic N) is 2.